The Labute approximate surface area is 101 Å². The first-order valence-electron chi connectivity index (χ1n) is 7.15. The minimum atomic E-state index is 0.865. The zero-order chi connectivity index (χ0) is 11.4. The van der Waals surface area contributed by atoms with Crippen LogP contribution in [0.4, 0.5) is 0 Å². The van der Waals surface area contributed by atoms with Crippen molar-refractivity contribution in [1.29, 1.82) is 0 Å². The molecule has 2 aliphatic carbocycles. The predicted molar refractivity (Wildman–Crippen MR) is 70.5 cm³/mol. The second-order valence-corrected chi connectivity index (χ2v) is 5.97. The van der Waals surface area contributed by atoms with Crippen LogP contribution in [-0.4, -0.2) is 12.6 Å². The minimum Gasteiger partial charge on any atom is -0.314 e. The summed E-state index contributed by atoms with van der Waals surface area (Å²) in [5.74, 6) is 2.74. The Morgan fingerprint density at radius 1 is 1.06 bits per heavy atom. The van der Waals surface area contributed by atoms with Crippen LogP contribution in [0, 0.1) is 17.8 Å². The molecule has 0 aromatic carbocycles. The average molecular weight is 221 g/mol. The van der Waals surface area contributed by atoms with Crippen LogP contribution in [0.25, 0.3) is 0 Å². The van der Waals surface area contributed by atoms with Crippen LogP contribution >= 0.6 is 0 Å². The van der Waals surface area contributed by atoms with E-state index in [0.717, 1.165) is 23.8 Å². The fourth-order valence-electron chi connectivity index (χ4n) is 2.71. The molecule has 0 aliphatic heterocycles. The average Bonchev–Trinajstić information content (AvgIpc) is 3.07. The fraction of sp³-hybridized carbons (Fsp3) is 0.867. The van der Waals surface area contributed by atoms with Gasteiger partial charge in [-0.15, -0.1) is 0 Å². The summed E-state index contributed by atoms with van der Waals surface area (Å²) >= 11 is 0. The molecular weight excluding hydrogens is 194 g/mol. The number of rotatable bonds is 5. The van der Waals surface area contributed by atoms with Gasteiger partial charge in [-0.3, -0.25) is 0 Å². The molecule has 0 amide bonds. The molecule has 1 nitrogen and oxygen atoms in total. The Balaban J connectivity index is 1.58. The lowest BCUT2D eigenvalue weighted by atomic mass is 9.76. The predicted octanol–water partition coefficient (Wildman–Crippen LogP) is 3.76. The highest BCUT2D eigenvalue weighted by molar-refractivity contribution is 4.93. The van der Waals surface area contributed by atoms with E-state index in [1.807, 2.05) is 0 Å². The molecule has 0 radical (unpaired) electrons. The van der Waals surface area contributed by atoms with Gasteiger partial charge < -0.3 is 5.32 Å². The third-order valence-electron chi connectivity index (χ3n) is 4.37. The molecular formula is C15H27N. The van der Waals surface area contributed by atoms with Crippen molar-refractivity contribution in [3.63, 3.8) is 0 Å². The van der Waals surface area contributed by atoms with Crippen LogP contribution in [0.5, 0.6) is 0 Å². The van der Waals surface area contributed by atoms with Crippen LogP contribution in [0.15, 0.2) is 12.2 Å². The quantitative estimate of drug-likeness (QED) is 0.550. The highest BCUT2D eigenvalue weighted by atomic mass is 14.9. The number of hydrogen-bond acceptors (Lipinski definition) is 1. The van der Waals surface area contributed by atoms with Crippen molar-refractivity contribution < 1.29 is 0 Å². The summed E-state index contributed by atoms with van der Waals surface area (Å²) in [5.41, 5.74) is 0. The van der Waals surface area contributed by atoms with Gasteiger partial charge in [-0.05, 0) is 62.8 Å². The Hall–Kier alpha value is -0.300. The molecule has 1 N–H and O–H groups in total. The molecule has 0 saturated heterocycles. The monoisotopic (exact) mass is 221 g/mol. The molecule has 3 atom stereocenters. The Kier molecular flexibility index (Phi) is 4.45. The van der Waals surface area contributed by atoms with Gasteiger partial charge in [0.2, 0.25) is 0 Å². The van der Waals surface area contributed by atoms with Crippen LogP contribution < -0.4 is 5.32 Å². The molecule has 0 aromatic heterocycles. The van der Waals surface area contributed by atoms with Crippen LogP contribution in [-0.2, 0) is 0 Å². The van der Waals surface area contributed by atoms with Gasteiger partial charge in [0, 0.05) is 6.04 Å². The van der Waals surface area contributed by atoms with Crippen molar-refractivity contribution in [3.8, 4) is 0 Å². The molecule has 92 valence electrons. The summed E-state index contributed by atoms with van der Waals surface area (Å²) in [6.45, 7) is 6.00. The molecule has 2 aliphatic rings. The van der Waals surface area contributed by atoms with Gasteiger partial charge in [-0.2, -0.15) is 0 Å². The van der Waals surface area contributed by atoms with Gasteiger partial charge in [-0.25, -0.2) is 0 Å². The first-order valence-corrected chi connectivity index (χ1v) is 7.15. The molecule has 0 bridgehead atoms. The molecule has 16 heavy (non-hydrogen) atoms. The van der Waals surface area contributed by atoms with Crippen LogP contribution in [0.2, 0.25) is 0 Å². The van der Waals surface area contributed by atoms with E-state index in [1.165, 1.54) is 45.1 Å². The van der Waals surface area contributed by atoms with Gasteiger partial charge in [-0.1, -0.05) is 26.0 Å². The number of allylic oxidation sites excluding steroid dienone is 1. The summed E-state index contributed by atoms with van der Waals surface area (Å²) in [6, 6.07) is 0.865. The van der Waals surface area contributed by atoms with Crippen molar-refractivity contribution in [2.45, 2.75) is 58.4 Å². The lowest BCUT2D eigenvalue weighted by molar-refractivity contribution is 0.236. The molecule has 2 rings (SSSR count). The largest absolute Gasteiger partial charge is 0.314 e. The van der Waals surface area contributed by atoms with E-state index in [0.29, 0.717) is 0 Å². The van der Waals surface area contributed by atoms with E-state index in [-0.39, 0.29) is 0 Å². The maximum Gasteiger partial charge on any atom is 0.00683 e. The number of hydrogen-bond donors (Lipinski definition) is 1. The van der Waals surface area contributed by atoms with Gasteiger partial charge in [0.05, 0.1) is 0 Å². The third kappa shape index (κ3) is 3.93. The maximum atomic E-state index is 3.56. The Morgan fingerprint density at radius 2 is 1.88 bits per heavy atom. The van der Waals surface area contributed by atoms with E-state index in [4.69, 9.17) is 0 Å². The summed E-state index contributed by atoms with van der Waals surface area (Å²) in [4.78, 5) is 0. The SMILES string of the molecule is CC1CCC(/C=C/CCNC2CC2)CC1C. The fourth-order valence-corrected chi connectivity index (χ4v) is 2.71. The van der Waals surface area contributed by atoms with E-state index in [1.54, 1.807) is 0 Å². The van der Waals surface area contributed by atoms with Crippen LogP contribution in [0.1, 0.15) is 52.4 Å². The molecule has 0 aromatic rings. The maximum absolute atomic E-state index is 3.56. The second kappa shape index (κ2) is 5.86. The first-order chi connectivity index (χ1) is 7.75. The molecule has 0 spiro atoms. The third-order valence-corrected chi connectivity index (χ3v) is 4.37. The highest BCUT2D eigenvalue weighted by Gasteiger charge is 2.22. The Morgan fingerprint density at radius 3 is 2.56 bits per heavy atom. The van der Waals surface area contributed by atoms with Gasteiger partial charge in [0.25, 0.3) is 0 Å². The van der Waals surface area contributed by atoms with Gasteiger partial charge in [0.1, 0.15) is 0 Å². The topological polar surface area (TPSA) is 12.0 Å². The lowest BCUT2D eigenvalue weighted by Crippen LogP contribution is -2.19. The molecule has 2 fully saturated rings. The normalized spacial score (nSPS) is 35.8. The van der Waals surface area contributed by atoms with Crippen molar-refractivity contribution in [2.24, 2.45) is 17.8 Å². The highest BCUT2D eigenvalue weighted by Crippen LogP contribution is 2.33. The van der Waals surface area contributed by atoms with Gasteiger partial charge in [0.15, 0.2) is 0 Å². The van der Waals surface area contributed by atoms with Crippen molar-refractivity contribution in [1.82, 2.24) is 5.32 Å². The van der Waals surface area contributed by atoms with Crippen molar-refractivity contribution in [2.75, 3.05) is 6.54 Å². The van der Waals surface area contributed by atoms with Gasteiger partial charge >= 0.3 is 0 Å². The summed E-state index contributed by atoms with van der Waals surface area (Å²) < 4.78 is 0. The van der Waals surface area contributed by atoms with Crippen LogP contribution in [0.3, 0.4) is 0 Å². The standard InChI is InChI=1S/C15H27N/c1-12-6-7-14(11-13(12)2)5-3-4-10-16-15-8-9-15/h3,5,12-16H,4,6-11H2,1-2H3/b5-3+. The molecule has 0 heterocycles. The molecule has 2 saturated carbocycles. The van der Waals surface area contributed by atoms with E-state index in [2.05, 4.69) is 31.3 Å². The van der Waals surface area contributed by atoms with Crippen molar-refractivity contribution >= 4 is 0 Å². The zero-order valence-electron chi connectivity index (χ0n) is 10.9. The van der Waals surface area contributed by atoms with E-state index >= 15 is 0 Å². The number of nitrogens with one attached hydrogen (secondary N) is 1. The summed E-state index contributed by atoms with van der Waals surface area (Å²) in [5, 5.41) is 3.56. The molecule has 1 heteroatoms. The summed E-state index contributed by atoms with van der Waals surface area (Å²) in [6.07, 6.45) is 13.2. The second-order valence-electron chi connectivity index (χ2n) is 5.97. The van der Waals surface area contributed by atoms with E-state index in [9.17, 15) is 0 Å². The van der Waals surface area contributed by atoms with E-state index < -0.39 is 0 Å². The minimum absolute atomic E-state index is 0.865. The summed E-state index contributed by atoms with van der Waals surface area (Å²) in [7, 11) is 0. The lowest BCUT2D eigenvalue weighted by Gasteiger charge is -2.30. The zero-order valence-corrected chi connectivity index (χ0v) is 10.9. The molecule has 3 unspecified atom stereocenters. The Bertz CT molecular complexity index is 230. The van der Waals surface area contributed by atoms with Crippen molar-refractivity contribution in [3.05, 3.63) is 12.2 Å². The first kappa shape index (κ1) is 12.2. The smallest absolute Gasteiger partial charge is 0.00683 e.